The van der Waals surface area contributed by atoms with E-state index in [-0.39, 0.29) is 0 Å². The lowest BCUT2D eigenvalue weighted by atomic mass is 10.1. The molecular weight excluding hydrogens is 330 g/mol. The summed E-state index contributed by atoms with van der Waals surface area (Å²) in [5.74, 6) is 0. The fourth-order valence-electron chi connectivity index (χ4n) is 3.26. The lowest BCUT2D eigenvalue weighted by Crippen LogP contribution is -2.22. The lowest BCUT2D eigenvalue weighted by molar-refractivity contribution is 0.272. The second-order valence-corrected chi connectivity index (χ2v) is 6.78. The van der Waals surface area contributed by atoms with Crippen molar-refractivity contribution in [1.29, 1.82) is 0 Å². The predicted molar refractivity (Wildman–Crippen MR) is 105 cm³/mol. The number of H-pyrrole nitrogens is 1. The van der Waals surface area contributed by atoms with Crippen LogP contribution in [0.4, 0.5) is 0 Å². The molecule has 2 aromatic carbocycles. The summed E-state index contributed by atoms with van der Waals surface area (Å²) in [5, 5.41) is 3.16. The molecule has 1 N–H and O–H groups in total. The topological polar surface area (TPSA) is 31.9 Å². The van der Waals surface area contributed by atoms with E-state index in [0.29, 0.717) is 0 Å². The number of nitrogens with one attached hydrogen (secondary N) is 1. The Labute approximate surface area is 152 Å². The molecule has 0 saturated carbocycles. The van der Waals surface area contributed by atoms with Crippen LogP contribution in [0.2, 0.25) is 5.02 Å². The number of pyridine rings is 1. The molecule has 2 aromatic heterocycles. The molecule has 0 fully saturated rings. The van der Waals surface area contributed by atoms with Crippen LogP contribution in [0.25, 0.3) is 21.8 Å². The SMILES string of the molecule is CCN(Cc1cnc2ccccc2c1)Cc1c[nH]c2ccc(Cl)cc12. The first-order valence-electron chi connectivity index (χ1n) is 8.54. The van der Waals surface area contributed by atoms with Gasteiger partial charge in [0.25, 0.3) is 0 Å². The number of para-hydroxylation sites is 1. The largest absolute Gasteiger partial charge is 0.361 e. The maximum Gasteiger partial charge on any atom is 0.0702 e. The van der Waals surface area contributed by atoms with E-state index >= 15 is 0 Å². The molecule has 126 valence electrons. The minimum atomic E-state index is 0.773. The molecule has 0 aliphatic heterocycles. The Morgan fingerprint density at radius 1 is 1.08 bits per heavy atom. The molecule has 0 amide bonds. The first-order valence-corrected chi connectivity index (χ1v) is 8.92. The summed E-state index contributed by atoms with van der Waals surface area (Å²) in [6.45, 7) is 4.92. The predicted octanol–water partition coefficient (Wildman–Crippen LogP) is 5.39. The Balaban J connectivity index is 1.57. The number of hydrogen-bond donors (Lipinski definition) is 1. The van der Waals surface area contributed by atoms with Gasteiger partial charge in [-0.3, -0.25) is 9.88 Å². The Morgan fingerprint density at radius 2 is 1.96 bits per heavy atom. The van der Waals surface area contributed by atoms with Gasteiger partial charge in [-0.1, -0.05) is 36.7 Å². The van der Waals surface area contributed by atoms with Crippen molar-refractivity contribution < 1.29 is 0 Å². The van der Waals surface area contributed by atoms with E-state index in [0.717, 1.165) is 35.7 Å². The number of aromatic amines is 1. The summed E-state index contributed by atoms with van der Waals surface area (Å²) in [4.78, 5) is 10.3. The summed E-state index contributed by atoms with van der Waals surface area (Å²) in [6.07, 6.45) is 4.07. The van der Waals surface area contributed by atoms with Gasteiger partial charge in [0.05, 0.1) is 5.52 Å². The van der Waals surface area contributed by atoms with Crippen LogP contribution < -0.4 is 0 Å². The van der Waals surface area contributed by atoms with Gasteiger partial charge in [0.2, 0.25) is 0 Å². The molecule has 4 aromatic rings. The fraction of sp³-hybridized carbons (Fsp3) is 0.190. The van der Waals surface area contributed by atoms with E-state index in [2.05, 4.69) is 46.2 Å². The zero-order chi connectivity index (χ0) is 17.2. The molecule has 25 heavy (non-hydrogen) atoms. The van der Waals surface area contributed by atoms with Gasteiger partial charge in [0, 0.05) is 46.8 Å². The number of hydrogen-bond acceptors (Lipinski definition) is 2. The zero-order valence-corrected chi connectivity index (χ0v) is 14.9. The first-order chi connectivity index (χ1) is 12.2. The van der Waals surface area contributed by atoms with E-state index in [1.807, 2.05) is 36.5 Å². The summed E-state index contributed by atoms with van der Waals surface area (Å²) >= 11 is 6.17. The van der Waals surface area contributed by atoms with Crippen LogP contribution in [0.1, 0.15) is 18.1 Å². The molecule has 4 rings (SSSR count). The Morgan fingerprint density at radius 3 is 2.84 bits per heavy atom. The average Bonchev–Trinajstić information content (AvgIpc) is 3.03. The first kappa shape index (κ1) is 16.1. The van der Waals surface area contributed by atoms with Gasteiger partial charge in [-0.05, 0) is 48.0 Å². The molecular formula is C21H20ClN3. The molecule has 0 aliphatic carbocycles. The Hall–Kier alpha value is -2.36. The summed E-state index contributed by atoms with van der Waals surface area (Å²) in [7, 11) is 0. The third-order valence-electron chi connectivity index (χ3n) is 4.62. The monoisotopic (exact) mass is 349 g/mol. The summed E-state index contributed by atoms with van der Waals surface area (Å²) in [6, 6.07) is 16.5. The van der Waals surface area contributed by atoms with Crippen LogP contribution in [-0.4, -0.2) is 21.4 Å². The third kappa shape index (κ3) is 3.39. The maximum absolute atomic E-state index is 6.17. The van der Waals surface area contributed by atoms with Crippen molar-refractivity contribution in [3.63, 3.8) is 0 Å². The molecule has 3 nitrogen and oxygen atoms in total. The van der Waals surface area contributed by atoms with Crippen LogP contribution in [0.5, 0.6) is 0 Å². The van der Waals surface area contributed by atoms with Crippen molar-refractivity contribution in [2.45, 2.75) is 20.0 Å². The highest BCUT2D eigenvalue weighted by Crippen LogP contribution is 2.24. The van der Waals surface area contributed by atoms with E-state index in [1.165, 1.54) is 21.9 Å². The molecule has 0 bridgehead atoms. The maximum atomic E-state index is 6.17. The molecule has 0 atom stereocenters. The standard InChI is InChI=1S/C21H20ClN3/c1-2-25(13-15-9-16-5-3-4-6-20(16)23-11-15)14-17-12-24-21-8-7-18(22)10-19(17)21/h3-12,24H,2,13-14H2,1H3. The Kier molecular flexibility index (Phi) is 4.43. The second kappa shape index (κ2) is 6.87. The number of nitrogens with zero attached hydrogens (tertiary/aromatic N) is 2. The third-order valence-corrected chi connectivity index (χ3v) is 4.86. The molecule has 0 saturated heterocycles. The highest BCUT2D eigenvalue weighted by Gasteiger charge is 2.10. The summed E-state index contributed by atoms with van der Waals surface area (Å²) < 4.78 is 0. The highest BCUT2D eigenvalue weighted by atomic mass is 35.5. The van der Waals surface area contributed by atoms with Gasteiger partial charge < -0.3 is 4.98 Å². The van der Waals surface area contributed by atoms with E-state index in [9.17, 15) is 0 Å². The molecule has 0 spiro atoms. The van der Waals surface area contributed by atoms with Crippen LogP contribution in [0.15, 0.2) is 60.9 Å². The van der Waals surface area contributed by atoms with Crippen molar-refractivity contribution in [1.82, 2.24) is 14.9 Å². The minimum absolute atomic E-state index is 0.773. The zero-order valence-electron chi connectivity index (χ0n) is 14.2. The van der Waals surface area contributed by atoms with Crippen molar-refractivity contribution in [2.75, 3.05) is 6.54 Å². The van der Waals surface area contributed by atoms with E-state index in [4.69, 9.17) is 11.6 Å². The fourth-order valence-corrected chi connectivity index (χ4v) is 3.44. The van der Waals surface area contributed by atoms with Gasteiger partial charge >= 0.3 is 0 Å². The normalized spacial score (nSPS) is 11.6. The van der Waals surface area contributed by atoms with Gasteiger partial charge in [-0.25, -0.2) is 0 Å². The molecule has 0 aliphatic rings. The second-order valence-electron chi connectivity index (χ2n) is 6.34. The number of benzene rings is 2. The molecule has 2 heterocycles. The van der Waals surface area contributed by atoms with Crippen LogP contribution in [0, 0.1) is 0 Å². The van der Waals surface area contributed by atoms with E-state index in [1.54, 1.807) is 0 Å². The number of aromatic nitrogens is 2. The van der Waals surface area contributed by atoms with Gasteiger partial charge in [-0.2, -0.15) is 0 Å². The van der Waals surface area contributed by atoms with Crippen molar-refractivity contribution in [2.24, 2.45) is 0 Å². The number of fused-ring (bicyclic) bond motifs is 2. The highest BCUT2D eigenvalue weighted by molar-refractivity contribution is 6.31. The Bertz CT molecular complexity index is 1020. The van der Waals surface area contributed by atoms with Crippen LogP contribution >= 0.6 is 11.6 Å². The molecule has 0 unspecified atom stereocenters. The molecule has 4 heteroatoms. The smallest absolute Gasteiger partial charge is 0.0702 e. The van der Waals surface area contributed by atoms with Crippen LogP contribution in [-0.2, 0) is 13.1 Å². The van der Waals surface area contributed by atoms with Gasteiger partial charge in [-0.15, -0.1) is 0 Å². The number of rotatable bonds is 5. The molecule has 0 radical (unpaired) electrons. The lowest BCUT2D eigenvalue weighted by Gasteiger charge is -2.20. The van der Waals surface area contributed by atoms with Crippen molar-refractivity contribution >= 4 is 33.4 Å². The van der Waals surface area contributed by atoms with E-state index < -0.39 is 0 Å². The number of halogens is 1. The van der Waals surface area contributed by atoms with Crippen LogP contribution in [0.3, 0.4) is 0 Å². The van der Waals surface area contributed by atoms with Crippen molar-refractivity contribution in [3.8, 4) is 0 Å². The van der Waals surface area contributed by atoms with Gasteiger partial charge in [0.1, 0.15) is 0 Å². The van der Waals surface area contributed by atoms with Crippen molar-refractivity contribution in [3.05, 3.63) is 77.1 Å². The quantitative estimate of drug-likeness (QED) is 0.523. The minimum Gasteiger partial charge on any atom is -0.361 e. The summed E-state index contributed by atoms with van der Waals surface area (Å²) in [5.41, 5.74) is 4.68. The van der Waals surface area contributed by atoms with Gasteiger partial charge in [0.15, 0.2) is 0 Å². The average molecular weight is 350 g/mol.